The number of nitrogens with two attached hydrogens (primary N) is 1. The van der Waals surface area contributed by atoms with Gasteiger partial charge in [-0.15, -0.1) is 0 Å². The highest BCUT2D eigenvalue weighted by Gasteiger charge is 2.11. The van der Waals surface area contributed by atoms with Crippen LogP contribution in [-0.2, 0) is 6.54 Å². The van der Waals surface area contributed by atoms with E-state index in [1.165, 1.54) is 0 Å². The Morgan fingerprint density at radius 3 is 2.95 bits per heavy atom. The third-order valence-corrected chi connectivity index (χ3v) is 3.06. The van der Waals surface area contributed by atoms with E-state index in [0.29, 0.717) is 24.7 Å². The molecule has 0 radical (unpaired) electrons. The number of fused-ring (bicyclic) bond motifs is 1. The molecule has 2 aromatic rings. The number of aliphatic hydroxyl groups excluding tert-OH is 1. The molecule has 5 heteroatoms. The molecule has 3 N–H and O–H groups in total. The van der Waals surface area contributed by atoms with Crippen LogP contribution in [0.25, 0.3) is 11.1 Å². The zero-order valence-corrected chi connectivity index (χ0v) is 11.3. The van der Waals surface area contributed by atoms with Crippen LogP contribution in [0.5, 0.6) is 0 Å². The summed E-state index contributed by atoms with van der Waals surface area (Å²) in [5.41, 5.74) is 7.95. The highest BCUT2D eigenvalue weighted by Crippen LogP contribution is 2.19. The predicted octanol–water partition coefficient (Wildman–Crippen LogP) is 2.00. The second-order valence-electron chi connectivity index (χ2n) is 4.69. The van der Waals surface area contributed by atoms with Gasteiger partial charge in [-0.3, -0.25) is 4.90 Å². The number of aromatic nitrogens is 1. The van der Waals surface area contributed by atoms with E-state index in [1.807, 2.05) is 12.1 Å². The Hall–Kier alpha value is -1.59. The van der Waals surface area contributed by atoms with E-state index in [2.05, 4.69) is 16.8 Å². The van der Waals surface area contributed by atoms with E-state index in [1.54, 1.807) is 6.07 Å². The minimum absolute atomic E-state index is 0.150. The molecule has 2 rings (SSSR count). The SMILES string of the molecule is CCCCN(CCO)Cc1nc2cc(N)ccc2o1. The van der Waals surface area contributed by atoms with Crippen LogP contribution < -0.4 is 5.73 Å². The number of anilines is 1. The molecule has 19 heavy (non-hydrogen) atoms. The minimum Gasteiger partial charge on any atom is -0.439 e. The first-order valence-corrected chi connectivity index (χ1v) is 6.71. The van der Waals surface area contributed by atoms with Crippen LogP contribution in [0.1, 0.15) is 25.7 Å². The topological polar surface area (TPSA) is 75.5 Å². The number of rotatable bonds is 7. The Kier molecular flexibility index (Phi) is 4.76. The molecule has 0 amide bonds. The van der Waals surface area contributed by atoms with Gasteiger partial charge in [0.25, 0.3) is 0 Å². The Labute approximate surface area is 113 Å². The van der Waals surface area contributed by atoms with Crippen LogP contribution >= 0.6 is 0 Å². The van der Waals surface area contributed by atoms with Gasteiger partial charge in [0.05, 0.1) is 13.2 Å². The number of aliphatic hydroxyl groups is 1. The zero-order chi connectivity index (χ0) is 13.7. The standard InChI is InChI=1S/C14H21N3O2/c1-2-3-6-17(7-8-18)10-14-16-12-9-11(15)4-5-13(12)19-14/h4-5,9,18H,2-3,6-8,10,15H2,1H3. The zero-order valence-electron chi connectivity index (χ0n) is 11.3. The van der Waals surface area contributed by atoms with Crippen molar-refractivity contribution in [2.24, 2.45) is 0 Å². The first kappa shape index (κ1) is 13.8. The second kappa shape index (κ2) is 6.54. The lowest BCUT2D eigenvalue weighted by molar-refractivity contribution is 0.177. The predicted molar refractivity (Wildman–Crippen MR) is 75.7 cm³/mol. The van der Waals surface area contributed by atoms with Crippen LogP contribution in [0.3, 0.4) is 0 Å². The number of nitrogen functional groups attached to an aromatic ring is 1. The van der Waals surface area contributed by atoms with Crippen molar-refractivity contribution in [3.8, 4) is 0 Å². The van der Waals surface area contributed by atoms with Gasteiger partial charge >= 0.3 is 0 Å². The van der Waals surface area contributed by atoms with Crippen molar-refractivity contribution in [1.82, 2.24) is 9.88 Å². The van der Waals surface area contributed by atoms with E-state index in [0.717, 1.165) is 30.5 Å². The Morgan fingerprint density at radius 1 is 1.37 bits per heavy atom. The molecular weight excluding hydrogens is 242 g/mol. The van der Waals surface area contributed by atoms with Crippen LogP contribution in [0.15, 0.2) is 22.6 Å². The van der Waals surface area contributed by atoms with E-state index >= 15 is 0 Å². The molecule has 0 fully saturated rings. The number of oxazole rings is 1. The number of unbranched alkanes of at least 4 members (excludes halogenated alkanes) is 1. The van der Waals surface area contributed by atoms with Gasteiger partial charge in [-0.1, -0.05) is 13.3 Å². The summed E-state index contributed by atoms with van der Waals surface area (Å²) in [5.74, 6) is 0.671. The molecule has 5 nitrogen and oxygen atoms in total. The quantitative estimate of drug-likeness (QED) is 0.747. The van der Waals surface area contributed by atoms with Gasteiger partial charge in [0, 0.05) is 12.2 Å². The lowest BCUT2D eigenvalue weighted by atomic mass is 10.3. The molecule has 0 aliphatic carbocycles. The fraction of sp³-hybridized carbons (Fsp3) is 0.500. The average Bonchev–Trinajstić information content (AvgIpc) is 2.77. The van der Waals surface area contributed by atoms with E-state index < -0.39 is 0 Å². The molecule has 1 aromatic heterocycles. The van der Waals surface area contributed by atoms with E-state index in [9.17, 15) is 0 Å². The molecule has 1 heterocycles. The number of nitrogens with zero attached hydrogens (tertiary/aromatic N) is 2. The molecule has 0 saturated carbocycles. The molecule has 0 atom stereocenters. The number of hydrogen-bond acceptors (Lipinski definition) is 5. The summed E-state index contributed by atoms with van der Waals surface area (Å²) in [7, 11) is 0. The molecule has 0 bridgehead atoms. The molecule has 0 aliphatic rings. The lowest BCUT2D eigenvalue weighted by Gasteiger charge is -2.18. The summed E-state index contributed by atoms with van der Waals surface area (Å²) in [6.07, 6.45) is 2.24. The molecule has 0 saturated heterocycles. The van der Waals surface area contributed by atoms with Gasteiger partial charge in [0.2, 0.25) is 5.89 Å². The monoisotopic (exact) mass is 263 g/mol. The van der Waals surface area contributed by atoms with Crippen molar-refractivity contribution >= 4 is 16.8 Å². The molecule has 1 aromatic carbocycles. The lowest BCUT2D eigenvalue weighted by Crippen LogP contribution is -2.27. The summed E-state index contributed by atoms with van der Waals surface area (Å²) in [4.78, 5) is 6.58. The van der Waals surface area contributed by atoms with E-state index in [4.69, 9.17) is 15.3 Å². The van der Waals surface area contributed by atoms with Crippen molar-refractivity contribution in [2.45, 2.75) is 26.3 Å². The Bertz CT molecular complexity index is 524. The van der Waals surface area contributed by atoms with Gasteiger partial charge in [-0.2, -0.15) is 0 Å². The molecule has 0 aliphatic heterocycles. The smallest absolute Gasteiger partial charge is 0.209 e. The van der Waals surface area contributed by atoms with Crippen LogP contribution in [0, 0.1) is 0 Å². The number of hydrogen-bond donors (Lipinski definition) is 2. The summed E-state index contributed by atoms with van der Waals surface area (Å²) in [6.45, 7) is 4.50. The molecule has 104 valence electrons. The highest BCUT2D eigenvalue weighted by atomic mass is 16.3. The van der Waals surface area contributed by atoms with Gasteiger partial charge in [0.15, 0.2) is 5.58 Å². The van der Waals surface area contributed by atoms with Crippen molar-refractivity contribution in [2.75, 3.05) is 25.4 Å². The van der Waals surface area contributed by atoms with Gasteiger partial charge in [-0.25, -0.2) is 4.98 Å². The summed E-state index contributed by atoms with van der Waals surface area (Å²) in [6, 6.07) is 5.45. The summed E-state index contributed by atoms with van der Waals surface area (Å²) < 4.78 is 5.69. The van der Waals surface area contributed by atoms with Crippen LogP contribution in [-0.4, -0.2) is 34.7 Å². The third-order valence-electron chi connectivity index (χ3n) is 3.06. The van der Waals surface area contributed by atoms with E-state index in [-0.39, 0.29) is 6.61 Å². The fourth-order valence-electron chi connectivity index (χ4n) is 2.04. The molecular formula is C14H21N3O2. The largest absolute Gasteiger partial charge is 0.439 e. The van der Waals surface area contributed by atoms with Crippen molar-refractivity contribution in [3.63, 3.8) is 0 Å². The maximum atomic E-state index is 9.08. The third kappa shape index (κ3) is 3.68. The van der Waals surface area contributed by atoms with Gasteiger partial charge in [0.1, 0.15) is 5.52 Å². The Balaban J connectivity index is 2.09. The number of benzene rings is 1. The van der Waals surface area contributed by atoms with Crippen molar-refractivity contribution < 1.29 is 9.52 Å². The highest BCUT2D eigenvalue weighted by molar-refractivity contribution is 5.76. The maximum absolute atomic E-state index is 9.08. The van der Waals surface area contributed by atoms with Crippen LogP contribution in [0.4, 0.5) is 5.69 Å². The minimum atomic E-state index is 0.150. The van der Waals surface area contributed by atoms with Gasteiger partial charge in [-0.05, 0) is 31.2 Å². The molecule has 0 unspecified atom stereocenters. The maximum Gasteiger partial charge on any atom is 0.209 e. The first-order chi connectivity index (χ1) is 9.22. The van der Waals surface area contributed by atoms with Crippen molar-refractivity contribution in [3.05, 3.63) is 24.1 Å². The average molecular weight is 263 g/mol. The normalized spacial score (nSPS) is 11.5. The van der Waals surface area contributed by atoms with Gasteiger partial charge < -0.3 is 15.3 Å². The second-order valence-corrected chi connectivity index (χ2v) is 4.69. The van der Waals surface area contributed by atoms with Crippen molar-refractivity contribution in [1.29, 1.82) is 0 Å². The summed E-state index contributed by atoms with van der Waals surface area (Å²) in [5, 5.41) is 9.08. The molecule has 0 spiro atoms. The first-order valence-electron chi connectivity index (χ1n) is 6.71. The fourth-order valence-corrected chi connectivity index (χ4v) is 2.04. The van der Waals surface area contributed by atoms with Crippen LogP contribution in [0.2, 0.25) is 0 Å². The Morgan fingerprint density at radius 2 is 2.21 bits per heavy atom. The summed E-state index contributed by atoms with van der Waals surface area (Å²) >= 11 is 0.